The zero-order chi connectivity index (χ0) is 20.9. The molecule has 2 aliphatic rings. The van der Waals surface area contributed by atoms with Crippen molar-refractivity contribution in [1.82, 2.24) is 14.9 Å². The van der Waals surface area contributed by atoms with Crippen molar-refractivity contribution in [2.75, 3.05) is 19.6 Å². The molecule has 2 fully saturated rings. The fourth-order valence-electron chi connectivity index (χ4n) is 4.10. The van der Waals surface area contributed by atoms with Gasteiger partial charge in [0.05, 0.1) is 4.90 Å². The minimum atomic E-state index is -3.47. The van der Waals surface area contributed by atoms with Crippen molar-refractivity contribution in [1.29, 1.82) is 0 Å². The van der Waals surface area contributed by atoms with Gasteiger partial charge in [0.15, 0.2) is 0 Å². The number of carbonyl (C=O) groups is 2. The van der Waals surface area contributed by atoms with Crippen LogP contribution < -0.4 is 10.0 Å². The Hall–Kier alpha value is -1.93. The smallest absolute Gasteiger partial charge is 0.240 e. The highest BCUT2D eigenvalue weighted by Crippen LogP contribution is 2.21. The van der Waals surface area contributed by atoms with Gasteiger partial charge in [-0.15, -0.1) is 0 Å². The summed E-state index contributed by atoms with van der Waals surface area (Å²) in [4.78, 5) is 25.7. The van der Waals surface area contributed by atoms with E-state index >= 15 is 0 Å². The summed E-state index contributed by atoms with van der Waals surface area (Å²) >= 11 is 0. The molecule has 1 saturated carbocycles. The monoisotopic (exact) mass is 421 g/mol. The van der Waals surface area contributed by atoms with Crippen LogP contribution in [0.25, 0.3) is 0 Å². The van der Waals surface area contributed by atoms with Gasteiger partial charge in [0, 0.05) is 38.5 Å². The summed E-state index contributed by atoms with van der Waals surface area (Å²) in [5, 5.41) is 2.97. The van der Waals surface area contributed by atoms with Crippen LogP contribution >= 0.6 is 0 Å². The van der Waals surface area contributed by atoms with Crippen molar-refractivity contribution in [3.8, 4) is 0 Å². The first-order valence-corrected chi connectivity index (χ1v) is 12.0. The van der Waals surface area contributed by atoms with Crippen LogP contribution in [0.2, 0.25) is 0 Å². The van der Waals surface area contributed by atoms with Crippen LogP contribution in [0.3, 0.4) is 0 Å². The summed E-state index contributed by atoms with van der Waals surface area (Å²) in [7, 11) is -3.47. The van der Waals surface area contributed by atoms with E-state index in [0.717, 1.165) is 31.2 Å². The largest absolute Gasteiger partial charge is 0.356 e. The van der Waals surface area contributed by atoms with E-state index in [2.05, 4.69) is 10.0 Å². The van der Waals surface area contributed by atoms with E-state index in [4.69, 9.17) is 0 Å². The highest BCUT2D eigenvalue weighted by atomic mass is 32.2. The number of carbonyl (C=O) groups excluding carboxylic acids is 2. The summed E-state index contributed by atoms with van der Waals surface area (Å²) < 4.78 is 27.7. The van der Waals surface area contributed by atoms with Gasteiger partial charge in [0.2, 0.25) is 21.8 Å². The summed E-state index contributed by atoms with van der Waals surface area (Å²) in [5.74, 6) is 0.0562. The Morgan fingerprint density at radius 2 is 1.66 bits per heavy atom. The molecule has 160 valence electrons. The highest BCUT2D eigenvalue weighted by molar-refractivity contribution is 7.89. The van der Waals surface area contributed by atoms with Crippen LogP contribution in [0, 0.1) is 5.92 Å². The zero-order valence-electron chi connectivity index (χ0n) is 17.0. The number of likely N-dealkylation sites (tertiary alicyclic amines) is 1. The quantitative estimate of drug-likeness (QED) is 0.702. The van der Waals surface area contributed by atoms with Gasteiger partial charge in [-0.25, -0.2) is 13.1 Å². The topological polar surface area (TPSA) is 95.6 Å². The second-order valence-corrected chi connectivity index (χ2v) is 9.78. The first-order valence-electron chi connectivity index (χ1n) is 10.5. The van der Waals surface area contributed by atoms with Crippen molar-refractivity contribution < 1.29 is 18.0 Å². The van der Waals surface area contributed by atoms with Crippen molar-refractivity contribution >= 4 is 21.8 Å². The van der Waals surface area contributed by atoms with Crippen LogP contribution in [0.1, 0.15) is 51.0 Å². The molecule has 0 spiro atoms. The minimum Gasteiger partial charge on any atom is -0.356 e. The fraction of sp³-hybridized carbons (Fsp3) is 0.619. The van der Waals surface area contributed by atoms with Gasteiger partial charge in [-0.05, 0) is 49.8 Å². The Bertz CT molecular complexity index is 809. The Morgan fingerprint density at radius 1 is 1.03 bits per heavy atom. The lowest BCUT2D eigenvalue weighted by Gasteiger charge is -2.30. The zero-order valence-corrected chi connectivity index (χ0v) is 17.8. The van der Waals surface area contributed by atoms with E-state index < -0.39 is 10.0 Å². The lowest BCUT2D eigenvalue weighted by atomic mass is 9.96. The number of rotatable bonds is 7. The Labute approximate surface area is 173 Å². The molecule has 0 unspecified atom stereocenters. The molecule has 1 aromatic rings. The molecule has 1 heterocycles. The predicted octanol–water partition coefficient (Wildman–Crippen LogP) is 1.82. The van der Waals surface area contributed by atoms with Crippen LogP contribution in [-0.2, 0) is 26.0 Å². The predicted molar refractivity (Wildman–Crippen MR) is 111 cm³/mol. The molecule has 0 aromatic heterocycles. The normalized spacial score (nSPS) is 18.7. The van der Waals surface area contributed by atoms with E-state index in [-0.39, 0.29) is 28.7 Å². The van der Waals surface area contributed by atoms with E-state index in [1.165, 1.54) is 0 Å². The molecule has 0 atom stereocenters. The van der Waals surface area contributed by atoms with Gasteiger partial charge >= 0.3 is 0 Å². The number of piperidine rings is 1. The van der Waals surface area contributed by atoms with Gasteiger partial charge in [-0.1, -0.05) is 25.0 Å². The van der Waals surface area contributed by atoms with E-state index in [0.29, 0.717) is 38.9 Å². The van der Waals surface area contributed by atoms with Crippen LogP contribution in [0.5, 0.6) is 0 Å². The molecule has 1 aliphatic carbocycles. The Kier molecular flexibility index (Phi) is 7.29. The minimum absolute atomic E-state index is 0.0353. The Balaban J connectivity index is 1.43. The van der Waals surface area contributed by atoms with Gasteiger partial charge in [-0.2, -0.15) is 0 Å². The molecule has 0 bridgehead atoms. The SMILES string of the molecule is CC(=O)N1CCC(C(=O)NCCc2ccc(S(=O)(=O)NC3CCCC3)cc2)CC1. The molecule has 3 rings (SSSR count). The second kappa shape index (κ2) is 9.71. The number of sulfonamides is 1. The Morgan fingerprint density at radius 3 is 2.24 bits per heavy atom. The summed E-state index contributed by atoms with van der Waals surface area (Å²) in [6.07, 6.45) is 6.02. The number of nitrogens with zero attached hydrogens (tertiary/aromatic N) is 1. The first kappa shape index (κ1) is 21.8. The molecule has 2 amide bonds. The number of nitrogens with one attached hydrogen (secondary N) is 2. The van der Waals surface area contributed by atoms with Crippen molar-refractivity contribution in [3.05, 3.63) is 29.8 Å². The van der Waals surface area contributed by atoms with Gasteiger partial charge in [0.25, 0.3) is 0 Å². The standard InChI is InChI=1S/C21H31N3O4S/c1-16(25)24-14-11-18(12-15-24)21(26)22-13-10-17-6-8-20(9-7-17)29(27,28)23-19-4-2-3-5-19/h6-9,18-19,23H,2-5,10-15H2,1H3,(H,22,26). The third kappa shape index (κ3) is 6.02. The molecule has 1 aromatic carbocycles. The average Bonchev–Trinajstić information content (AvgIpc) is 3.20. The molecule has 29 heavy (non-hydrogen) atoms. The molecule has 0 radical (unpaired) electrons. The van der Waals surface area contributed by atoms with E-state index in [1.54, 1.807) is 36.1 Å². The lowest BCUT2D eigenvalue weighted by Crippen LogP contribution is -2.42. The highest BCUT2D eigenvalue weighted by Gasteiger charge is 2.26. The third-order valence-corrected chi connectivity index (χ3v) is 7.47. The van der Waals surface area contributed by atoms with E-state index in [1.807, 2.05) is 0 Å². The van der Waals surface area contributed by atoms with Crippen LogP contribution in [-0.4, -0.2) is 50.8 Å². The lowest BCUT2D eigenvalue weighted by molar-refractivity contribution is -0.133. The fourth-order valence-corrected chi connectivity index (χ4v) is 5.40. The van der Waals surface area contributed by atoms with E-state index in [9.17, 15) is 18.0 Å². The van der Waals surface area contributed by atoms with Crippen molar-refractivity contribution in [2.45, 2.75) is 62.8 Å². The first-order chi connectivity index (χ1) is 13.8. The second-order valence-electron chi connectivity index (χ2n) is 8.07. The molecular formula is C21H31N3O4S. The molecule has 1 saturated heterocycles. The van der Waals surface area contributed by atoms with Crippen LogP contribution in [0.15, 0.2) is 29.2 Å². The summed E-state index contributed by atoms with van der Waals surface area (Å²) in [5.41, 5.74) is 0.983. The molecular weight excluding hydrogens is 390 g/mol. The third-order valence-electron chi connectivity index (χ3n) is 5.93. The maximum absolute atomic E-state index is 12.5. The molecule has 7 nitrogen and oxygen atoms in total. The number of amides is 2. The molecule has 2 N–H and O–H groups in total. The maximum atomic E-state index is 12.5. The van der Waals surface area contributed by atoms with Gasteiger partial charge in [0.1, 0.15) is 0 Å². The molecule has 1 aliphatic heterocycles. The van der Waals surface area contributed by atoms with Crippen molar-refractivity contribution in [3.63, 3.8) is 0 Å². The number of hydrogen-bond acceptors (Lipinski definition) is 4. The molecule has 8 heteroatoms. The number of benzene rings is 1. The average molecular weight is 422 g/mol. The van der Waals surface area contributed by atoms with Gasteiger partial charge < -0.3 is 10.2 Å². The number of hydrogen-bond donors (Lipinski definition) is 2. The van der Waals surface area contributed by atoms with Crippen LogP contribution in [0.4, 0.5) is 0 Å². The van der Waals surface area contributed by atoms with Gasteiger partial charge in [-0.3, -0.25) is 9.59 Å². The van der Waals surface area contributed by atoms with Crippen molar-refractivity contribution in [2.24, 2.45) is 5.92 Å². The summed E-state index contributed by atoms with van der Waals surface area (Å²) in [6.45, 7) is 3.34. The maximum Gasteiger partial charge on any atom is 0.240 e. The summed E-state index contributed by atoms with van der Waals surface area (Å²) in [6, 6.07) is 6.93.